The van der Waals surface area contributed by atoms with Gasteiger partial charge in [-0.1, -0.05) is 36.8 Å². The number of nitrogens with one attached hydrogen (secondary N) is 2. The fraction of sp³-hybridized carbons (Fsp3) is 0.304. The highest BCUT2D eigenvalue weighted by Gasteiger charge is 2.20. The van der Waals surface area contributed by atoms with Gasteiger partial charge in [-0.05, 0) is 31.0 Å². The Kier molecular flexibility index (Phi) is 7.09. The van der Waals surface area contributed by atoms with E-state index < -0.39 is 23.9 Å². The zero-order valence-corrected chi connectivity index (χ0v) is 18.2. The summed E-state index contributed by atoms with van der Waals surface area (Å²) in [6.07, 6.45) is 2.08. The van der Waals surface area contributed by atoms with E-state index in [9.17, 15) is 19.5 Å². The Labute approximate surface area is 185 Å². The number of imidazole rings is 1. The molecule has 0 aliphatic carbocycles. The summed E-state index contributed by atoms with van der Waals surface area (Å²) in [5.74, 6) is -1.15. The minimum absolute atomic E-state index is 0.00699. The van der Waals surface area contributed by atoms with Gasteiger partial charge in [0.2, 0.25) is 0 Å². The third-order valence-electron chi connectivity index (χ3n) is 5.09. The van der Waals surface area contributed by atoms with Gasteiger partial charge in [0.1, 0.15) is 18.0 Å². The topological polar surface area (TPSA) is 122 Å². The minimum Gasteiger partial charge on any atom is -0.481 e. The summed E-state index contributed by atoms with van der Waals surface area (Å²) >= 11 is 0. The van der Waals surface area contributed by atoms with Crippen LogP contribution >= 0.6 is 0 Å². The molecule has 0 aliphatic rings. The summed E-state index contributed by atoms with van der Waals surface area (Å²) in [7, 11) is 1.32. The van der Waals surface area contributed by atoms with Gasteiger partial charge in [-0.15, -0.1) is 0 Å². The van der Waals surface area contributed by atoms with Crippen molar-refractivity contribution in [2.75, 3.05) is 19.0 Å². The second-order valence-corrected chi connectivity index (χ2v) is 7.37. The molecule has 2 heterocycles. The fourth-order valence-electron chi connectivity index (χ4n) is 3.36. The molecular weight excluding hydrogens is 412 g/mol. The number of fused-ring (bicyclic) bond motifs is 1. The molecule has 0 saturated heterocycles. The first-order chi connectivity index (χ1) is 15.3. The third-order valence-corrected chi connectivity index (χ3v) is 5.09. The third kappa shape index (κ3) is 5.23. The molecule has 32 heavy (non-hydrogen) atoms. The molecule has 9 nitrogen and oxygen atoms in total. The van der Waals surface area contributed by atoms with Crippen LogP contribution in [0.5, 0.6) is 0 Å². The Morgan fingerprint density at radius 3 is 2.53 bits per heavy atom. The first kappa shape index (κ1) is 22.8. The predicted octanol–water partition coefficient (Wildman–Crippen LogP) is 2.74. The van der Waals surface area contributed by atoms with Gasteiger partial charge in [-0.25, -0.2) is 4.98 Å². The summed E-state index contributed by atoms with van der Waals surface area (Å²) in [6, 6.07) is 9.97. The molecule has 0 bridgehead atoms. The van der Waals surface area contributed by atoms with Gasteiger partial charge in [0.15, 0.2) is 0 Å². The van der Waals surface area contributed by atoms with Gasteiger partial charge in [0, 0.05) is 11.8 Å². The van der Waals surface area contributed by atoms with Crippen molar-refractivity contribution in [2.24, 2.45) is 0 Å². The second-order valence-electron chi connectivity index (χ2n) is 7.37. The van der Waals surface area contributed by atoms with Crippen molar-refractivity contribution in [1.29, 1.82) is 0 Å². The van der Waals surface area contributed by atoms with E-state index in [0.29, 0.717) is 23.4 Å². The summed E-state index contributed by atoms with van der Waals surface area (Å²) in [6.45, 7) is 3.87. The number of amides is 1. The summed E-state index contributed by atoms with van der Waals surface area (Å²) in [5.41, 5.74) is 3.40. The number of carbonyl (C=O) groups excluding carboxylic acids is 2. The molecule has 9 heteroatoms. The fourth-order valence-corrected chi connectivity index (χ4v) is 3.36. The number of benzene rings is 1. The number of rotatable bonds is 9. The van der Waals surface area contributed by atoms with E-state index in [1.54, 1.807) is 22.7 Å². The van der Waals surface area contributed by atoms with Crippen LogP contribution in [0, 0.1) is 6.92 Å². The monoisotopic (exact) mass is 438 g/mol. The molecule has 0 radical (unpaired) electrons. The van der Waals surface area contributed by atoms with Crippen molar-refractivity contribution in [1.82, 2.24) is 14.7 Å². The number of aryl methyl sites for hydroxylation is 2. The van der Waals surface area contributed by atoms with Crippen LogP contribution in [0.1, 0.15) is 46.6 Å². The minimum atomic E-state index is -1.01. The van der Waals surface area contributed by atoms with Crippen LogP contribution in [-0.4, -0.2) is 46.0 Å². The molecule has 0 saturated carbocycles. The van der Waals surface area contributed by atoms with Crippen LogP contribution in [0.15, 0.2) is 42.6 Å². The molecule has 0 aliphatic heterocycles. The largest absolute Gasteiger partial charge is 0.481 e. The molecule has 3 aromatic rings. The number of anilines is 1. The predicted molar refractivity (Wildman–Crippen MR) is 119 cm³/mol. The number of carbonyl (C=O) groups is 3. The molecule has 2 aromatic heterocycles. The summed E-state index contributed by atoms with van der Waals surface area (Å²) in [5, 5.41) is 15.1. The first-order valence-corrected chi connectivity index (χ1v) is 10.2. The van der Waals surface area contributed by atoms with Crippen LogP contribution in [0.2, 0.25) is 0 Å². The van der Waals surface area contributed by atoms with E-state index >= 15 is 0 Å². The van der Waals surface area contributed by atoms with Crippen molar-refractivity contribution < 1.29 is 24.2 Å². The van der Waals surface area contributed by atoms with E-state index in [1.807, 2.05) is 38.1 Å². The van der Waals surface area contributed by atoms with Gasteiger partial charge >= 0.3 is 11.9 Å². The smallest absolute Gasteiger partial charge is 0.325 e. The molecule has 1 amide bonds. The van der Waals surface area contributed by atoms with E-state index in [1.165, 1.54) is 7.11 Å². The van der Waals surface area contributed by atoms with Crippen LogP contribution < -0.4 is 10.6 Å². The number of esters is 1. The van der Waals surface area contributed by atoms with Gasteiger partial charge in [0.25, 0.3) is 5.91 Å². The van der Waals surface area contributed by atoms with Crippen LogP contribution in [-0.2, 0) is 20.7 Å². The SMILES string of the molecule is CCc1nc2cc(C(=O)NC(CC(=O)O)c3ccc(C)cc3)ccn2c1NCC(=O)OC. The summed E-state index contributed by atoms with van der Waals surface area (Å²) in [4.78, 5) is 40.3. The van der Waals surface area contributed by atoms with E-state index in [0.717, 1.165) is 16.8 Å². The van der Waals surface area contributed by atoms with Crippen molar-refractivity contribution >= 4 is 29.3 Å². The van der Waals surface area contributed by atoms with Crippen molar-refractivity contribution in [3.63, 3.8) is 0 Å². The Balaban J connectivity index is 1.85. The number of ether oxygens (including phenoxy) is 1. The van der Waals surface area contributed by atoms with E-state index in [4.69, 9.17) is 0 Å². The number of methoxy groups -OCH3 is 1. The number of nitrogens with zero attached hydrogens (tertiary/aromatic N) is 2. The van der Waals surface area contributed by atoms with Gasteiger partial charge in [0.05, 0.1) is 25.3 Å². The lowest BCUT2D eigenvalue weighted by molar-refractivity contribution is -0.139. The standard InChI is InChI=1S/C23H26N4O5/c1-4-17-22(24-13-21(30)32-3)27-10-9-16(11-19(27)25-17)23(31)26-18(12-20(28)29)15-7-5-14(2)6-8-15/h5-11,18,24H,4,12-13H2,1-3H3,(H,26,31)(H,28,29). The molecule has 168 valence electrons. The van der Waals surface area contributed by atoms with E-state index in [-0.39, 0.29) is 13.0 Å². The van der Waals surface area contributed by atoms with Crippen molar-refractivity contribution in [3.8, 4) is 0 Å². The number of aromatic nitrogens is 2. The number of carboxylic acid groups (broad SMARTS) is 1. The van der Waals surface area contributed by atoms with Gasteiger partial charge in [-0.3, -0.25) is 18.8 Å². The maximum absolute atomic E-state index is 12.9. The quantitative estimate of drug-likeness (QED) is 0.439. The Hall–Kier alpha value is -3.88. The van der Waals surface area contributed by atoms with Crippen LogP contribution in [0.4, 0.5) is 5.82 Å². The number of pyridine rings is 1. The average molecular weight is 438 g/mol. The number of carboxylic acids is 1. The van der Waals surface area contributed by atoms with Crippen LogP contribution in [0.25, 0.3) is 5.65 Å². The maximum atomic E-state index is 12.9. The molecule has 1 unspecified atom stereocenters. The zero-order valence-electron chi connectivity index (χ0n) is 18.2. The van der Waals surface area contributed by atoms with Gasteiger partial charge in [-0.2, -0.15) is 0 Å². The lowest BCUT2D eigenvalue weighted by atomic mass is 10.0. The highest BCUT2D eigenvalue weighted by atomic mass is 16.5. The molecule has 0 spiro atoms. The zero-order chi connectivity index (χ0) is 23.3. The number of hydrogen-bond donors (Lipinski definition) is 3. The Morgan fingerprint density at radius 2 is 1.91 bits per heavy atom. The lowest BCUT2D eigenvalue weighted by Crippen LogP contribution is -2.30. The Morgan fingerprint density at radius 1 is 1.19 bits per heavy atom. The highest BCUT2D eigenvalue weighted by molar-refractivity contribution is 5.95. The number of aliphatic carboxylic acids is 1. The second kappa shape index (κ2) is 9.95. The summed E-state index contributed by atoms with van der Waals surface area (Å²) < 4.78 is 6.42. The number of hydrogen-bond acceptors (Lipinski definition) is 6. The van der Waals surface area contributed by atoms with E-state index in [2.05, 4.69) is 20.4 Å². The van der Waals surface area contributed by atoms with Crippen molar-refractivity contribution in [3.05, 3.63) is 65.0 Å². The molecule has 1 aromatic carbocycles. The molecule has 1 atom stereocenters. The lowest BCUT2D eigenvalue weighted by Gasteiger charge is -2.18. The first-order valence-electron chi connectivity index (χ1n) is 10.2. The normalized spacial score (nSPS) is 11.7. The average Bonchev–Trinajstić information content (AvgIpc) is 3.13. The molecule has 0 fully saturated rings. The Bertz CT molecular complexity index is 1140. The maximum Gasteiger partial charge on any atom is 0.325 e. The van der Waals surface area contributed by atoms with Gasteiger partial charge < -0.3 is 20.5 Å². The molecule has 3 rings (SSSR count). The molecule has 3 N–H and O–H groups in total. The van der Waals surface area contributed by atoms with Crippen LogP contribution in [0.3, 0.4) is 0 Å². The molecular formula is C23H26N4O5. The highest BCUT2D eigenvalue weighted by Crippen LogP contribution is 2.22. The van der Waals surface area contributed by atoms with Crippen molar-refractivity contribution in [2.45, 2.75) is 32.7 Å².